The third kappa shape index (κ3) is 3.67. The maximum atomic E-state index is 12.4. The minimum atomic E-state index is -0.263. The van der Waals surface area contributed by atoms with Crippen LogP contribution in [0.4, 0.5) is 0 Å². The fourth-order valence-corrected chi connectivity index (χ4v) is 3.81. The minimum absolute atomic E-state index is 0.0127. The van der Waals surface area contributed by atoms with Crippen LogP contribution in [0.3, 0.4) is 0 Å². The number of hydrogen-bond donors (Lipinski definition) is 1. The summed E-state index contributed by atoms with van der Waals surface area (Å²) in [5.74, 6) is 0.227. The fraction of sp³-hybridized carbons (Fsp3) is 0.368. The molecule has 146 valence electrons. The molecule has 0 saturated carbocycles. The Balaban J connectivity index is 1.60. The number of morpholine rings is 1. The summed E-state index contributed by atoms with van der Waals surface area (Å²) in [6.07, 6.45) is 1.52. The first kappa shape index (κ1) is 18.7. The Morgan fingerprint density at radius 1 is 1.25 bits per heavy atom. The maximum Gasteiger partial charge on any atom is 0.262 e. The van der Waals surface area contributed by atoms with E-state index in [0.717, 1.165) is 11.3 Å². The van der Waals surface area contributed by atoms with Crippen LogP contribution < -0.4 is 5.56 Å². The molecule has 9 heteroatoms. The zero-order valence-electron chi connectivity index (χ0n) is 15.8. The van der Waals surface area contributed by atoms with Gasteiger partial charge in [0.15, 0.2) is 10.8 Å². The molecular formula is C19H21N5O3S. The molecule has 1 fully saturated rings. The number of nitrogens with zero attached hydrogens (tertiary/aromatic N) is 4. The van der Waals surface area contributed by atoms with Crippen LogP contribution in [0.1, 0.15) is 11.1 Å². The van der Waals surface area contributed by atoms with Gasteiger partial charge in [-0.25, -0.2) is 9.67 Å². The minimum Gasteiger partial charge on any atom is -0.378 e. The second-order valence-corrected chi connectivity index (χ2v) is 7.68. The van der Waals surface area contributed by atoms with Crippen LogP contribution in [0.25, 0.3) is 16.7 Å². The first-order valence-electron chi connectivity index (χ1n) is 9.07. The molecule has 1 amide bonds. The van der Waals surface area contributed by atoms with Crippen LogP contribution in [-0.4, -0.2) is 62.6 Å². The number of aryl methyl sites for hydroxylation is 2. The van der Waals surface area contributed by atoms with Gasteiger partial charge in [0, 0.05) is 13.1 Å². The second kappa shape index (κ2) is 7.76. The van der Waals surface area contributed by atoms with Crippen molar-refractivity contribution in [3.63, 3.8) is 0 Å². The molecule has 1 aliphatic rings. The number of rotatable bonds is 4. The number of fused-ring (bicyclic) bond motifs is 1. The summed E-state index contributed by atoms with van der Waals surface area (Å²) < 4.78 is 6.93. The molecule has 0 spiro atoms. The molecule has 3 aromatic rings. The van der Waals surface area contributed by atoms with Gasteiger partial charge in [0.2, 0.25) is 5.91 Å². The molecule has 0 aliphatic carbocycles. The van der Waals surface area contributed by atoms with Crippen LogP contribution >= 0.6 is 11.8 Å². The van der Waals surface area contributed by atoms with Crippen molar-refractivity contribution in [2.45, 2.75) is 19.0 Å². The summed E-state index contributed by atoms with van der Waals surface area (Å²) in [6, 6.07) is 5.98. The van der Waals surface area contributed by atoms with Crippen LogP contribution in [-0.2, 0) is 9.53 Å². The van der Waals surface area contributed by atoms with E-state index in [9.17, 15) is 9.59 Å². The zero-order chi connectivity index (χ0) is 19.7. The molecule has 0 unspecified atom stereocenters. The number of carbonyl (C=O) groups excluding carboxylic acids is 1. The summed E-state index contributed by atoms with van der Waals surface area (Å²) in [6.45, 7) is 6.40. The zero-order valence-corrected chi connectivity index (χ0v) is 16.6. The average molecular weight is 399 g/mol. The Morgan fingerprint density at radius 3 is 2.79 bits per heavy atom. The lowest BCUT2D eigenvalue weighted by atomic mass is 10.1. The number of amides is 1. The van der Waals surface area contributed by atoms with Crippen molar-refractivity contribution >= 4 is 28.7 Å². The van der Waals surface area contributed by atoms with Gasteiger partial charge < -0.3 is 14.6 Å². The van der Waals surface area contributed by atoms with E-state index in [1.54, 1.807) is 9.58 Å². The van der Waals surface area contributed by atoms with E-state index in [1.807, 2.05) is 32.0 Å². The van der Waals surface area contributed by atoms with Crippen LogP contribution in [0.15, 0.2) is 34.3 Å². The summed E-state index contributed by atoms with van der Waals surface area (Å²) in [5, 5.41) is 5.17. The highest BCUT2D eigenvalue weighted by Crippen LogP contribution is 2.20. The van der Waals surface area contributed by atoms with Crippen LogP contribution in [0, 0.1) is 13.8 Å². The number of aromatic nitrogens is 4. The molecule has 1 aliphatic heterocycles. The summed E-state index contributed by atoms with van der Waals surface area (Å²) in [5.41, 5.74) is 3.38. The number of hydrogen-bond acceptors (Lipinski definition) is 6. The van der Waals surface area contributed by atoms with Gasteiger partial charge in [0.05, 0.1) is 30.9 Å². The molecule has 1 aromatic carbocycles. The third-order valence-corrected chi connectivity index (χ3v) is 5.71. The maximum absolute atomic E-state index is 12.4. The van der Waals surface area contributed by atoms with E-state index < -0.39 is 0 Å². The number of thioether (sulfide) groups is 1. The number of ether oxygens (including phenoxy) is 1. The van der Waals surface area contributed by atoms with Gasteiger partial charge in [-0.3, -0.25) is 9.59 Å². The molecule has 0 radical (unpaired) electrons. The van der Waals surface area contributed by atoms with Gasteiger partial charge in [-0.15, -0.1) is 0 Å². The molecule has 1 N–H and O–H groups in total. The second-order valence-electron chi connectivity index (χ2n) is 6.72. The van der Waals surface area contributed by atoms with Crippen molar-refractivity contribution in [2.75, 3.05) is 32.1 Å². The first-order chi connectivity index (χ1) is 13.5. The van der Waals surface area contributed by atoms with E-state index in [2.05, 4.69) is 15.1 Å². The van der Waals surface area contributed by atoms with Gasteiger partial charge in [-0.2, -0.15) is 5.10 Å². The molecule has 0 bridgehead atoms. The molecule has 1 saturated heterocycles. The van der Waals surface area contributed by atoms with Crippen molar-refractivity contribution < 1.29 is 9.53 Å². The predicted octanol–water partition coefficient (Wildman–Crippen LogP) is 1.68. The Morgan fingerprint density at radius 2 is 2.04 bits per heavy atom. The number of carbonyl (C=O) groups is 1. The normalized spacial score (nSPS) is 14.6. The number of aromatic amines is 1. The van der Waals surface area contributed by atoms with E-state index in [4.69, 9.17) is 4.74 Å². The summed E-state index contributed by atoms with van der Waals surface area (Å²) in [4.78, 5) is 33.8. The lowest BCUT2D eigenvalue weighted by Gasteiger charge is -2.26. The van der Waals surface area contributed by atoms with Gasteiger partial charge in [0.25, 0.3) is 5.56 Å². The molecule has 4 rings (SSSR count). The fourth-order valence-electron chi connectivity index (χ4n) is 3.05. The number of H-pyrrole nitrogens is 1. The van der Waals surface area contributed by atoms with Crippen molar-refractivity contribution in [1.29, 1.82) is 0 Å². The topological polar surface area (TPSA) is 93.1 Å². The highest BCUT2D eigenvalue weighted by atomic mass is 32.2. The SMILES string of the molecule is Cc1ccc(-n2ncc3c(=O)[nH]c(SCC(=O)N4CCOCC4)nc32)cc1C. The number of nitrogens with one attached hydrogen (secondary N) is 1. The highest BCUT2D eigenvalue weighted by molar-refractivity contribution is 7.99. The predicted molar refractivity (Wildman–Crippen MR) is 107 cm³/mol. The van der Waals surface area contributed by atoms with Crippen molar-refractivity contribution in [3.05, 3.63) is 45.9 Å². The van der Waals surface area contributed by atoms with Gasteiger partial charge in [-0.1, -0.05) is 17.8 Å². The Kier molecular flexibility index (Phi) is 5.19. The summed E-state index contributed by atoms with van der Waals surface area (Å²) in [7, 11) is 0. The Hall–Kier alpha value is -2.65. The molecule has 8 nitrogen and oxygen atoms in total. The third-order valence-electron chi connectivity index (χ3n) is 4.85. The van der Waals surface area contributed by atoms with E-state index >= 15 is 0 Å². The molecule has 2 aromatic heterocycles. The lowest BCUT2D eigenvalue weighted by molar-refractivity contribution is -0.132. The smallest absolute Gasteiger partial charge is 0.262 e. The van der Waals surface area contributed by atoms with Gasteiger partial charge >= 0.3 is 0 Å². The van der Waals surface area contributed by atoms with E-state index in [-0.39, 0.29) is 17.2 Å². The average Bonchev–Trinajstić information content (AvgIpc) is 3.13. The van der Waals surface area contributed by atoms with Crippen molar-refractivity contribution in [3.8, 4) is 5.69 Å². The molecule has 0 atom stereocenters. The van der Waals surface area contributed by atoms with Crippen molar-refractivity contribution in [1.82, 2.24) is 24.6 Å². The monoisotopic (exact) mass is 399 g/mol. The highest BCUT2D eigenvalue weighted by Gasteiger charge is 2.18. The Bertz CT molecular complexity index is 1080. The lowest BCUT2D eigenvalue weighted by Crippen LogP contribution is -2.41. The van der Waals surface area contributed by atoms with Gasteiger partial charge in [0.1, 0.15) is 5.39 Å². The van der Waals surface area contributed by atoms with E-state index in [0.29, 0.717) is 42.5 Å². The van der Waals surface area contributed by atoms with Gasteiger partial charge in [-0.05, 0) is 37.1 Å². The first-order valence-corrected chi connectivity index (χ1v) is 10.1. The Labute approximate surface area is 165 Å². The standard InChI is InChI=1S/C19H21N5O3S/c1-12-3-4-14(9-13(12)2)24-17-15(10-20-24)18(26)22-19(21-17)28-11-16(25)23-5-7-27-8-6-23/h3-4,9-10H,5-8,11H2,1-2H3,(H,21,22,26). The van der Waals surface area contributed by atoms with E-state index in [1.165, 1.54) is 23.5 Å². The largest absolute Gasteiger partial charge is 0.378 e. The number of benzene rings is 1. The van der Waals surface area contributed by atoms with Crippen molar-refractivity contribution in [2.24, 2.45) is 0 Å². The van der Waals surface area contributed by atoms with Crippen LogP contribution in [0.2, 0.25) is 0 Å². The molecular weight excluding hydrogens is 378 g/mol. The quantitative estimate of drug-likeness (QED) is 0.530. The molecule has 28 heavy (non-hydrogen) atoms. The van der Waals surface area contributed by atoms with Crippen LogP contribution in [0.5, 0.6) is 0 Å². The summed E-state index contributed by atoms with van der Waals surface area (Å²) >= 11 is 1.22. The molecule has 3 heterocycles.